The van der Waals surface area contributed by atoms with Gasteiger partial charge in [-0.1, -0.05) is 45.2 Å². The van der Waals surface area contributed by atoms with Crippen molar-refractivity contribution in [2.45, 2.75) is 6.92 Å². The van der Waals surface area contributed by atoms with E-state index in [4.69, 9.17) is 20.8 Å². The number of hydrogen-bond donors (Lipinski definition) is 1. The summed E-state index contributed by atoms with van der Waals surface area (Å²) >= 11 is 9.68. The van der Waals surface area contributed by atoms with Gasteiger partial charge in [0.1, 0.15) is 11.3 Å². The third kappa shape index (κ3) is 4.60. The molecule has 7 heteroatoms. The molecule has 0 atom stereocenters. The van der Waals surface area contributed by atoms with E-state index in [9.17, 15) is 4.79 Å². The molecule has 146 valence electrons. The van der Waals surface area contributed by atoms with Crippen LogP contribution in [0.15, 0.2) is 69.6 Å². The Morgan fingerprint density at radius 2 is 1.93 bits per heavy atom. The Morgan fingerprint density at radius 1 is 1.14 bits per heavy atom. The summed E-state index contributed by atoms with van der Waals surface area (Å²) < 4.78 is 12.2. The van der Waals surface area contributed by atoms with Crippen molar-refractivity contribution in [2.24, 2.45) is 0 Å². The highest BCUT2D eigenvalue weighted by Crippen LogP contribution is 2.32. The minimum atomic E-state index is -0.260. The third-order valence-corrected chi connectivity index (χ3v) is 5.04. The fraction of sp³-hybridized carbons (Fsp3) is 0.0909. The molecule has 1 N–H and O–H groups in total. The topological polar surface area (TPSA) is 64.4 Å². The number of benzene rings is 3. The first kappa shape index (κ1) is 19.5. The SMILES string of the molecule is Cc1ccc(OCC(=O)Nc2ccc3oc(-c4cc(Br)ccc4Cl)nc3c2)cc1. The first-order valence-corrected chi connectivity index (χ1v) is 10.0. The average molecular weight is 472 g/mol. The quantitative estimate of drug-likeness (QED) is 0.374. The molecular weight excluding hydrogens is 456 g/mol. The van der Waals surface area contributed by atoms with E-state index in [-0.39, 0.29) is 12.5 Å². The van der Waals surface area contributed by atoms with Gasteiger partial charge in [0.05, 0.1) is 10.6 Å². The number of amides is 1. The van der Waals surface area contributed by atoms with Gasteiger partial charge in [-0.3, -0.25) is 4.79 Å². The summed E-state index contributed by atoms with van der Waals surface area (Å²) in [6.07, 6.45) is 0. The van der Waals surface area contributed by atoms with E-state index >= 15 is 0 Å². The average Bonchev–Trinajstić information content (AvgIpc) is 3.12. The van der Waals surface area contributed by atoms with Crippen molar-refractivity contribution in [3.63, 3.8) is 0 Å². The van der Waals surface area contributed by atoms with E-state index < -0.39 is 0 Å². The Labute approximate surface area is 180 Å². The summed E-state index contributed by atoms with van der Waals surface area (Å²) in [7, 11) is 0. The highest BCUT2D eigenvalue weighted by Gasteiger charge is 2.13. The van der Waals surface area contributed by atoms with E-state index in [0.29, 0.717) is 39.0 Å². The first-order valence-electron chi connectivity index (χ1n) is 8.83. The van der Waals surface area contributed by atoms with Crippen molar-refractivity contribution in [1.29, 1.82) is 0 Å². The van der Waals surface area contributed by atoms with Gasteiger partial charge in [-0.2, -0.15) is 0 Å². The molecule has 4 aromatic rings. The molecule has 0 spiro atoms. The second-order valence-electron chi connectivity index (χ2n) is 6.48. The first-order chi connectivity index (χ1) is 14.0. The molecule has 3 aromatic carbocycles. The summed E-state index contributed by atoms with van der Waals surface area (Å²) in [5, 5.41) is 3.35. The lowest BCUT2D eigenvalue weighted by Gasteiger charge is -2.07. The molecule has 0 aliphatic rings. The lowest BCUT2D eigenvalue weighted by Crippen LogP contribution is -2.20. The molecule has 5 nitrogen and oxygen atoms in total. The van der Waals surface area contributed by atoms with Crippen molar-refractivity contribution >= 4 is 50.2 Å². The minimum Gasteiger partial charge on any atom is -0.484 e. The zero-order chi connectivity index (χ0) is 20.4. The molecule has 0 bridgehead atoms. The molecule has 0 fully saturated rings. The second kappa shape index (κ2) is 8.27. The number of anilines is 1. The van der Waals surface area contributed by atoms with Crippen LogP contribution in [-0.2, 0) is 4.79 Å². The Morgan fingerprint density at radius 3 is 2.72 bits per heavy atom. The number of aryl methyl sites for hydroxylation is 1. The number of aromatic nitrogens is 1. The van der Waals surface area contributed by atoms with Crippen LogP contribution in [0.1, 0.15) is 5.56 Å². The standard InChI is InChI=1S/C22H16BrClN2O3/c1-13-2-6-16(7-3-13)28-12-21(27)25-15-5-9-20-19(11-15)26-22(29-20)17-10-14(23)4-8-18(17)24/h2-11H,12H2,1H3,(H,25,27). The van der Waals surface area contributed by atoms with Crippen LogP contribution in [-0.4, -0.2) is 17.5 Å². The van der Waals surface area contributed by atoms with Gasteiger partial charge in [0.25, 0.3) is 5.91 Å². The fourth-order valence-corrected chi connectivity index (χ4v) is 3.32. The van der Waals surface area contributed by atoms with Crippen LogP contribution in [0.25, 0.3) is 22.6 Å². The van der Waals surface area contributed by atoms with Crippen molar-refractivity contribution in [3.05, 3.63) is 75.7 Å². The van der Waals surface area contributed by atoms with Crippen LogP contribution < -0.4 is 10.1 Å². The molecule has 0 saturated heterocycles. The molecule has 1 amide bonds. The van der Waals surface area contributed by atoms with Crippen molar-refractivity contribution in [1.82, 2.24) is 4.98 Å². The van der Waals surface area contributed by atoms with Crippen LogP contribution in [0.2, 0.25) is 5.02 Å². The Balaban J connectivity index is 1.48. The maximum atomic E-state index is 12.2. The van der Waals surface area contributed by atoms with E-state index in [0.717, 1.165) is 10.0 Å². The van der Waals surface area contributed by atoms with E-state index in [1.165, 1.54) is 0 Å². The van der Waals surface area contributed by atoms with E-state index in [1.54, 1.807) is 24.3 Å². The molecule has 4 rings (SSSR count). The predicted molar refractivity (Wildman–Crippen MR) is 117 cm³/mol. The van der Waals surface area contributed by atoms with Crippen LogP contribution in [0.5, 0.6) is 5.75 Å². The fourth-order valence-electron chi connectivity index (χ4n) is 2.76. The van der Waals surface area contributed by atoms with Crippen LogP contribution in [0, 0.1) is 6.92 Å². The van der Waals surface area contributed by atoms with E-state index in [2.05, 4.69) is 26.2 Å². The Kier molecular flexibility index (Phi) is 5.56. The van der Waals surface area contributed by atoms with Crippen molar-refractivity contribution < 1.29 is 13.9 Å². The highest BCUT2D eigenvalue weighted by molar-refractivity contribution is 9.10. The summed E-state index contributed by atoms with van der Waals surface area (Å²) in [6, 6.07) is 18.3. The van der Waals surface area contributed by atoms with Gasteiger partial charge in [0.15, 0.2) is 12.2 Å². The second-order valence-corrected chi connectivity index (χ2v) is 7.80. The van der Waals surface area contributed by atoms with Gasteiger partial charge in [-0.25, -0.2) is 4.98 Å². The number of ether oxygens (including phenoxy) is 1. The largest absolute Gasteiger partial charge is 0.484 e. The van der Waals surface area contributed by atoms with E-state index in [1.807, 2.05) is 43.3 Å². The number of carbonyl (C=O) groups excluding carboxylic acids is 1. The molecule has 1 aromatic heterocycles. The van der Waals surface area contributed by atoms with Gasteiger partial charge < -0.3 is 14.5 Å². The number of carbonyl (C=O) groups is 1. The molecule has 0 aliphatic carbocycles. The number of hydrogen-bond acceptors (Lipinski definition) is 4. The molecule has 0 saturated carbocycles. The van der Waals surface area contributed by atoms with Gasteiger partial charge in [-0.05, 0) is 55.5 Å². The normalized spacial score (nSPS) is 10.9. The number of rotatable bonds is 5. The van der Waals surface area contributed by atoms with Gasteiger partial charge in [0, 0.05) is 10.2 Å². The lowest BCUT2D eigenvalue weighted by molar-refractivity contribution is -0.118. The lowest BCUT2D eigenvalue weighted by atomic mass is 10.2. The van der Waals surface area contributed by atoms with Crippen LogP contribution >= 0.6 is 27.5 Å². The molecular formula is C22H16BrClN2O3. The minimum absolute atomic E-state index is 0.0845. The zero-order valence-corrected chi connectivity index (χ0v) is 17.8. The number of halogens is 2. The molecule has 0 radical (unpaired) electrons. The predicted octanol–water partition coefficient (Wildman–Crippen LogP) is 6.24. The summed E-state index contributed by atoms with van der Waals surface area (Å²) in [6.45, 7) is 1.91. The third-order valence-electron chi connectivity index (χ3n) is 4.22. The smallest absolute Gasteiger partial charge is 0.262 e. The number of oxazole rings is 1. The highest BCUT2D eigenvalue weighted by atomic mass is 79.9. The molecule has 0 unspecified atom stereocenters. The molecule has 29 heavy (non-hydrogen) atoms. The maximum Gasteiger partial charge on any atom is 0.262 e. The number of nitrogens with zero attached hydrogens (tertiary/aromatic N) is 1. The molecule has 1 heterocycles. The number of nitrogens with one attached hydrogen (secondary N) is 1. The Hall–Kier alpha value is -2.83. The molecule has 0 aliphatic heterocycles. The van der Waals surface area contributed by atoms with Crippen molar-refractivity contribution in [3.8, 4) is 17.2 Å². The van der Waals surface area contributed by atoms with Gasteiger partial charge in [0.2, 0.25) is 5.89 Å². The Bertz CT molecular complexity index is 1190. The summed E-state index contributed by atoms with van der Waals surface area (Å²) in [5.41, 5.74) is 3.65. The monoisotopic (exact) mass is 470 g/mol. The summed E-state index contributed by atoms with van der Waals surface area (Å²) in [5.74, 6) is 0.800. The number of fused-ring (bicyclic) bond motifs is 1. The van der Waals surface area contributed by atoms with Gasteiger partial charge >= 0.3 is 0 Å². The maximum absolute atomic E-state index is 12.2. The summed E-state index contributed by atoms with van der Waals surface area (Å²) in [4.78, 5) is 16.7. The zero-order valence-electron chi connectivity index (χ0n) is 15.4. The van der Waals surface area contributed by atoms with Crippen molar-refractivity contribution in [2.75, 3.05) is 11.9 Å². The van der Waals surface area contributed by atoms with Crippen LogP contribution in [0.4, 0.5) is 5.69 Å². The van der Waals surface area contributed by atoms with Crippen LogP contribution in [0.3, 0.4) is 0 Å². The van der Waals surface area contributed by atoms with Gasteiger partial charge in [-0.15, -0.1) is 0 Å².